The molecular weight excluding hydrogens is 336 g/mol. The first-order valence-corrected chi connectivity index (χ1v) is 7.88. The lowest BCUT2D eigenvalue weighted by Gasteiger charge is -2.27. The van der Waals surface area contributed by atoms with Crippen molar-refractivity contribution in [1.82, 2.24) is 10.3 Å². The number of alkyl halides is 3. The Kier molecular flexibility index (Phi) is 4.49. The molecule has 132 valence electrons. The maximum Gasteiger partial charge on any atom is 0.419 e. The first kappa shape index (κ1) is 17.4. The molecule has 0 spiro atoms. The summed E-state index contributed by atoms with van der Waals surface area (Å²) in [4.78, 5) is 15.5. The Morgan fingerprint density at radius 3 is 2.68 bits per heavy atom. The second kappa shape index (κ2) is 6.46. The van der Waals surface area contributed by atoms with Gasteiger partial charge < -0.3 is 5.32 Å². The molecule has 1 N–H and O–H groups in total. The van der Waals surface area contributed by atoms with Gasteiger partial charge in [-0.2, -0.15) is 13.2 Å². The Hall–Kier alpha value is -2.44. The van der Waals surface area contributed by atoms with Gasteiger partial charge in [-0.3, -0.25) is 9.78 Å². The molecule has 1 amide bonds. The van der Waals surface area contributed by atoms with E-state index in [1.54, 1.807) is 6.20 Å². The summed E-state index contributed by atoms with van der Waals surface area (Å²) in [5, 5.41) is 2.86. The van der Waals surface area contributed by atoms with Crippen molar-refractivity contribution in [3.8, 4) is 11.1 Å². The summed E-state index contributed by atoms with van der Waals surface area (Å²) in [6, 6.07) is 2.71. The lowest BCUT2D eigenvalue weighted by molar-refractivity contribution is -0.140. The van der Waals surface area contributed by atoms with Crippen molar-refractivity contribution in [3.05, 3.63) is 53.1 Å². The van der Waals surface area contributed by atoms with Gasteiger partial charge in [-0.25, -0.2) is 4.39 Å². The number of rotatable bonds is 2. The van der Waals surface area contributed by atoms with Crippen LogP contribution in [0.3, 0.4) is 0 Å². The first-order valence-electron chi connectivity index (χ1n) is 7.88. The highest BCUT2D eigenvalue weighted by molar-refractivity contribution is 5.74. The number of hydrogen-bond acceptors (Lipinski definition) is 2. The Morgan fingerprint density at radius 2 is 2.04 bits per heavy atom. The van der Waals surface area contributed by atoms with Gasteiger partial charge in [0.25, 0.3) is 0 Å². The number of aromatic nitrogens is 1. The number of nitrogens with one attached hydrogen (secondary N) is 1. The second-order valence-corrected chi connectivity index (χ2v) is 6.09. The van der Waals surface area contributed by atoms with E-state index in [2.05, 4.69) is 10.3 Å². The number of benzene rings is 1. The molecule has 1 aromatic heterocycles. The van der Waals surface area contributed by atoms with Crippen LogP contribution in [0.15, 0.2) is 30.6 Å². The number of amides is 1. The van der Waals surface area contributed by atoms with E-state index in [-0.39, 0.29) is 11.9 Å². The van der Waals surface area contributed by atoms with Gasteiger partial charge >= 0.3 is 6.18 Å². The van der Waals surface area contributed by atoms with E-state index in [1.165, 1.54) is 19.2 Å². The number of nitrogens with zero attached hydrogens (tertiary/aromatic N) is 1. The fraction of sp³-hybridized carbons (Fsp3) is 0.333. The molecule has 3 rings (SSSR count). The largest absolute Gasteiger partial charge is 0.419 e. The zero-order chi connectivity index (χ0) is 18.2. The molecule has 1 atom stereocenters. The predicted molar refractivity (Wildman–Crippen MR) is 84.1 cm³/mol. The van der Waals surface area contributed by atoms with Gasteiger partial charge in [-0.05, 0) is 48.1 Å². The number of carbonyl (C=O) groups excluding carboxylic acids is 1. The first-order chi connectivity index (χ1) is 11.8. The van der Waals surface area contributed by atoms with E-state index in [0.717, 1.165) is 36.1 Å². The van der Waals surface area contributed by atoms with Crippen molar-refractivity contribution in [1.29, 1.82) is 0 Å². The van der Waals surface area contributed by atoms with Gasteiger partial charge in [0.05, 0.1) is 11.6 Å². The molecule has 1 aliphatic carbocycles. The van der Waals surface area contributed by atoms with Crippen LogP contribution in [0, 0.1) is 5.82 Å². The molecule has 0 saturated heterocycles. The van der Waals surface area contributed by atoms with E-state index in [9.17, 15) is 22.4 Å². The Labute approximate surface area is 142 Å². The standard InChI is InChI=1S/C18H16F4N2O/c1-10(25)24-17-4-2-3-12-13(8-23-9-14(12)17)11-5-6-15(16(19)7-11)18(20,21)22/h5-9,17H,2-4H2,1H3,(H,24,25). The van der Waals surface area contributed by atoms with Crippen molar-refractivity contribution in [3.63, 3.8) is 0 Å². The maximum absolute atomic E-state index is 13.9. The van der Waals surface area contributed by atoms with Crippen LogP contribution in [0.2, 0.25) is 0 Å². The highest BCUT2D eigenvalue weighted by Gasteiger charge is 2.34. The zero-order valence-electron chi connectivity index (χ0n) is 13.5. The van der Waals surface area contributed by atoms with E-state index >= 15 is 0 Å². The van der Waals surface area contributed by atoms with E-state index in [4.69, 9.17) is 0 Å². The third kappa shape index (κ3) is 3.50. The average Bonchev–Trinajstić information content (AvgIpc) is 2.53. The normalized spacial score (nSPS) is 17.1. The molecule has 1 heterocycles. The minimum atomic E-state index is -4.73. The summed E-state index contributed by atoms with van der Waals surface area (Å²) in [5.74, 6) is -1.47. The van der Waals surface area contributed by atoms with E-state index < -0.39 is 17.6 Å². The van der Waals surface area contributed by atoms with Crippen molar-refractivity contribution < 1.29 is 22.4 Å². The number of fused-ring (bicyclic) bond motifs is 1. The van der Waals surface area contributed by atoms with Crippen molar-refractivity contribution in [2.45, 2.75) is 38.4 Å². The van der Waals surface area contributed by atoms with Crippen LogP contribution < -0.4 is 5.32 Å². The predicted octanol–water partition coefficient (Wildman–Crippen LogP) is 4.42. The molecule has 0 aliphatic heterocycles. The number of carbonyl (C=O) groups is 1. The highest BCUT2D eigenvalue weighted by atomic mass is 19.4. The third-order valence-corrected chi connectivity index (χ3v) is 4.35. The average molecular weight is 352 g/mol. The van der Waals surface area contributed by atoms with E-state index in [1.807, 2.05) is 0 Å². The summed E-state index contributed by atoms with van der Waals surface area (Å²) in [5.41, 5.74) is 1.38. The fourth-order valence-corrected chi connectivity index (χ4v) is 3.28. The van der Waals surface area contributed by atoms with Crippen molar-refractivity contribution >= 4 is 5.91 Å². The third-order valence-electron chi connectivity index (χ3n) is 4.35. The quantitative estimate of drug-likeness (QED) is 0.813. The SMILES string of the molecule is CC(=O)NC1CCCc2c(-c3ccc(C(F)(F)F)c(F)c3)cncc21. The molecule has 3 nitrogen and oxygen atoms in total. The van der Waals surface area contributed by atoms with Gasteiger partial charge in [0.15, 0.2) is 0 Å². The molecule has 7 heteroatoms. The molecule has 1 unspecified atom stereocenters. The molecule has 2 aromatic rings. The summed E-state index contributed by atoms with van der Waals surface area (Å²) in [7, 11) is 0. The van der Waals surface area contributed by atoms with Gasteiger partial charge in [0.2, 0.25) is 5.91 Å². The molecule has 0 bridgehead atoms. The van der Waals surface area contributed by atoms with Crippen LogP contribution in [-0.4, -0.2) is 10.9 Å². The number of pyridine rings is 1. The highest BCUT2D eigenvalue weighted by Crippen LogP contribution is 2.38. The summed E-state index contributed by atoms with van der Waals surface area (Å²) in [6.45, 7) is 1.43. The molecule has 0 fully saturated rings. The van der Waals surface area contributed by atoms with Gasteiger partial charge in [-0.1, -0.05) is 6.07 Å². The van der Waals surface area contributed by atoms with Crippen molar-refractivity contribution in [2.24, 2.45) is 0 Å². The second-order valence-electron chi connectivity index (χ2n) is 6.09. The summed E-state index contributed by atoms with van der Waals surface area (Å²) in [6.07, 6.45) is 0.729. The Balaban J connectivity index is 2.05. The molecule has 0 radical (unpaired) electrons. The van der Waals surface area contributed by atoms with Gasteiger partial charge in [-0.15, -0.1) is 0 Å². The van der Waals surface area contributed by atoms with Gasteiger partial charge in [0, 0.05) is 24.9 Å². The molecular formula is C18H16F4N2O. The zero-order valence-corrected chi connectivity index (χ0v) is 13.5. The number of halogens is 4. The van der Waals surface area contributed by atoms with Crippen LogP contribution >= 0.6 is 0 Å². The van der Waals surface area contributed by atoms with E-state index in [0.29, 0.717) is 17.5 Å². The lowest BCUT2D eigenvalue weighted by atomic mass is 9.84. The topological polar surface area (TPSA) is 42.0 Å². The molecule has 1 aromatic carbocycles. The maximum atomic E-state index is 13.9. The van der Waals surface area contributed by atoms with Gasteiger partial charge in [0.1, 0.15) is 5.82 Å². The minimum Gasteiger partial charge on any atom is -0.349 e. The van der Waals surface area contributed by atoms with Crippen LogP contribution in [0.25, 0.3) is 11.1 Å². The Bertz CT molecular complexity index is 817. The molecule has 0 saturated carbocycles. The Morgan fingerprint density at radius 1 is 1.28 bits per heavy atom. The van der Waals surface area contributed by atoms with Crippen LogP contribution in [0.4, 0.5) is 17.6 Å². The lowest BCUT2D eigenvalue weighted by Crippen LogP contribution is -2.29. The number of hydrogen-bond donors (Lipinski definition) is 1. The summed E-state index contributed by atoms with van der Waals surface area (Å²) >= 11 is 0. The fourth-order valence-electron chi connectivity index (χ4n) is 3.28. The monoisotopic (exact) mass is 352 g/mol. The summed E-state index contributed by atoms with van der Waals surface area (Å²) < 4.78 is 52.1. The molecule has 1 aliphatic rings. The van der Waals surface area contributed by atoms with Crippen molar-refractivity contribution in [2.75, 3.05) is 0 Å². The molecule has 25 heavy (non-hydrogen) atoms. The smallest absolute Gasteiger partial charge is 0.349 e. The van der Waals surface area contributed by atoms with Crippen LogP contribution in [-0.2, 0) is 17.4 Å². The van der Waals surface area contributed by atoms with Crippen LogP contribution in [0.5, 0.6) is 0 Å². The van der Waals surface area contributed by atoms with Crippen LogP contribution in [0.1, 0.15) is 42.5 Å². The minimum absolute atomic E-state index is 0.163.